The predicted molar refractivity (Wildman–Crippen MR) is 80.7 cm³/mol. The van der Waals surface area contributed by atoms with Crippen LogP contribution in [0.2, 0.25) is 0 Å². The molecule has 0 fully saturated rings. The number of anilines is 1. The van der Waals surface area contributed by atoms with Gasteiger partial charge in [0, 0.05) is 20.8 Å². The molecule has 18 heavy (non-hydrogen) atoms. The van der Waals surface area contributed by atoms with E-state index in [1.165, 1.54) is 0 Å². The minimum atomic E-state index is 0.666. The number of nitrogens with one attached hydrogen (secondary N) is 1. The standard InChI is InChI=1S/C13H13Br2N3/c1-8-3-4-12(9(2)18-8)17-7-13-11(15)5-10(14)6-16-13/h3-6,17H,7H2,1-2H3. The van der Waals surface area contributed by atoms with Crippen molar-refractivity contribution < 1.29 is 0 Å². The van der Waals surface area contributed by atoms with E-state index in [2.05, 4.69) is 47.1 Å². The highest BCUT2D eigenvalue weighted by Crippen LogP contribution is 2.21. The largest absolute Gasteiger partial charge is 0.378 e. The highest BCUT2D eigenvalue weighted by atomic mass is 79.9. The zero-order valence-electron chi connectivity index (χ0n) is 10.2. The lowest BCUT2D eigenvalue weighted by Crippen LogP contribution is -2.05. The topological polar surface area (TPSA) is 37.8 Å². The van der Waals surface area contributed by atoms with Gasteiger partial charge in [-0.05, 0) is 63.9 Å². The maximum Gasteiger partial charge on any atom is 0.0737 e. The third-order valence-corrected chi connectivity index (χ3v) is 3.68. The summed E-state index contributed by atoms with van der Waals surface area (Å²) in [6, 6.07) is 6.04. The Hall–Kier alpha value is -0.940. The zero-order valence-corrected chi connectivity index (χ0v) is 13.3. The molecule has 0 amide bonds. The molecule has 5 heteroatoms. The van der Waals surface area contributed by atoms with Crippen molar-refractivity contribution in [3.05, 3.63) is 50.4 Å². The van der Waals surface area contributed by atoms with Gasteiger partial charge in [-0.15, -0.1) is 0 Å². The van der Waals surface area contributed by atoms with Crippen LogP contribution >= 0.6 is 31.9 Å². The Morgan fingerprint density at radius 3 is 2.67 bits per heavy atom. The number of pyridine rings is 2. The molecule has 0 aromatic carbocycles. The second kappa shape index (κ2) is 5.80. The quantitative estimate of drug-likeness (QED) is 0.878. The van der Waals surface area contributed by atoms with Crippen LogP contribution in [-0.4, -0.2) is 9.97 Å². The van der Waals surface area contributed by atoms with Crippen LogP contribution < -0.4 is 5.32 Å². The van der Waals surface area contributed by atoms with Gasteiger partial charge >= 0.3 is 0 Å². The summed E-state index contributed by atoms with van der Waals surface area (Å²) in [7, 11) is 0. The van der Waals surface area contributed by atoms with Gasteiger partial charge in [-0.3, -0.25) is 9.97 Å². The summed E-state index contributed by atoms with van der Waals surface area (Å²) in [5.41, 5.74) is 4.04. The second-order valence-electron chi connectivity index (χ2n) is 4.02. The lowest BCUT2D eigenvalue weighted by atomic mass is 10.2. The number of aromatic nitrogens is 2. The first kappa shape index (κ1) is 13.5. The lowest BCUT2D eigenvalue weighted by molar-refractivity contribution is 1.01. The van der Waals surface area contributed by atoms with E-state index >= 15 is 0 Å². The maximum atomic E-state index is 4.42. The van der Waals surface area contributed by atoms with Crippen LogP contribution in [0, 0.1) is 13.8 Å². The molecule has 0 aliphatic rings. The van der Waals surface area contributed by atoms with Gasteiger partial charge in [0.15, 0.2) is 0 Å². The fraction of sp³-hybridized carbons (Fsp3) is 0.231. The molecule has 0 aliphatic carbocycles. The smallest absolute Gasteiger partial charge is 0.0737 e. The second-order valence-corrected chi connectivity index (χ2v) is 5.79. The molecule has 0 spiro atoms. The summed E-state index contributed by atoms with van der Waals surface area (Å²) < 4.78 is 1.95. The first-order chi connectivity index (χ1) is 8.56. The van der Waals surface area contributed by atoms with Crippen molar-refractivity contribution in [1.82, 2.24) is 9.97 Å². The molecule has 0 unspecified atom stereocenters. The monoisotopic (exact) mass is 369 g/mol. The molecule has 3 nitrogen and oxygen atoms in total. The number of rotatable bonds is 3. The minimum absolute atomic E-state index is 0.666. The van der Waals surface area contributed by atoms with E-state index in [0.29, 0.717) is 6.54 Å². The molecule has 2 aromatic heterocycles. The van der Waals surface area contributed by atoms with Crippen LogP contribution in [0.25, 0.3) is 0 Å². The van der Waals surface area contributed by atoms with E-state index < -0.39 is 0 Å². The molecular weight excluding hydrogens is 358 g/mol. The van der Waals surface area contributed by atoms with E-state index in [4.69, 9.17) is 0 Å². The number of hydrogen-bond acceptors (Lipinski definition) is 3. The number of halogens is 2. The van der Waals surface area contributed by atoms with E-state index in [9.17, 15) is 0 Å². The summed E-state index contributed by atoms with van der Waals surface area (Å²) >= 11 is 6.89. The number of aryl methyl sites for hydroxylation is 2. The highest BCUT2D eigenvalue weighted by molar-refractivity contribution is 9.11. The molecule has 0 saturated carbocycles. The van der Waals surface area contributed by atoms with Gasteiger partial charge < -0.3 is 5.32 Å². The maximum absolute atomic E-state index is 4.42. The van der Waals surface area contributed by atoms with E-state index in [1.54, 1.807) is 6.20 Å². The Morgan fingerprint density at radius 2 is 2.00 bits per heavy atom. The first-order valence-electron chi connectivity index (χ1n) is 5.54. The van der Waals surface area contributed by atoms with Crippen molar-refractivity contribution in [3.8, 4) is 0 Å². The van der Waals surface area contributed by atoms with Crippen molar-refractivity contribution in [3.63, 3.8) is 0 Å². The average Bonchev–Trinajstić information content (AvgIpc) is 2.30. The van der Waals surface area contributed by atoms with Crippen LogP contribution in [0.5, 0.6) is 0 Å². The van der Waals surface area contributed by atoms with Crippen LogP contribution in [0.15, 0.2) is 33.3 Å². The van der Waals surface area contributed by atoms with Crippen molar-refractivity contribution in [2.24, 2.45) is 0 Å². The van der Waals surface area contributed by atoms with Gasteiger partial charge in [0.05, 0.1) is 23.6 Å². The van der Waals surface area contributed by atoms with Crippen LogP contribution in [0.4, 0.5) is 5.69 Å². The van der Waals surface area contributed by atoms with Crippen LogP contribution in [0.1, 0.15) is 17.1 Å². The summed E-state index contributed by atoms with van der Waals surface area (Å²) in [5.74, 6) is 0. The third-order valence-electron chi connectivity index (χ3n) is 2.56. The predicted octanol–water partition coefficient (Wildman–Crippen LogP) is 4.23. The fourth-order valence-corrected chi connectivity index (χ4v) is 2.75. The Bertz CT molecular complexity index is 519. The molecule has 1 N–H and O–H groups in total. The van der Waals surface area contributed by atoms with Crippen molar-refractivity contribution in [2.75, 3.05) is 5.32 Å². The molecule has 94 valence electrons. The molecule has 0 radical (unpaired) electrons. The Labute approximate surface area is 123 Å². The molecular formula is C13H13Br2N3. The number of nitrogens with zero attached hydrogens (tertiary/aromatic N) is 2. The molecule has 2 heterocycles. The Kier molecular flexibility index (Phi) is 4.35. The van der Waals surface area contributed by atoms with Crippen molar-refractivity contribution in [2.45, 2.75) is 20.4 Å². The average molecular weight is 371 g/mol. The fourth-order valence-electron chi connectivity index (χ4n) is 1.63. The molecule has 0 aliphatic heterocycles. The normalized spacial score (nSPS) is 10.4. The molecule has 0 atom stereocenters. The zero-order chi connectivity index (χ0) is 13.1. The highest BCUT2D eigenvalue weighted by Gasteiger charge is 2.04. The summed E-state index contributed by atoms with van der Waals surface area (Å²) in [6.45, 7) is 4.66. The van der Waals surface area contributed by atoms with E-state index in [-0.39, 0.29) is 0 Å². The van der Waals surface area contributed by atoms with Gasteiger partial charge in [0.2, 0.25) is 0 Å². The summed E-state index contributed by atoms with van der Waals surface area (Å²) in [5, 5.41) is 3.35. The van der Waals surface area contributed by atoms with Gasteiger partial charge in [-0.25, -0.2) is 0 Å². The van der Waals surface area contributed by atoms with Gasteiger partial charge in [-0.2, -0.15) is 0 Å². The van der Waals surface area contributed by atoms with E-state index in [0.717, 1.165) is 31.7 Å². The van der Waals surface area contributed by atoms with Crippen molar-refractivity contribution >= 4 is 37.5 Å². The Balaban J connectivity index is 2.11. The molecule has 0 bridgehead atoms. The Morgan fingerprint density at radius 1 is 1.22 bits per heavy atom. The molecule has 2 aromatic rings. The molecule has 0 saturated heterocycles. The van der Waals surface area contributed by atoms with Gasteiger partial charge in [0.1, 0.15) is 0 Å². The summed E-state index contributed by atoms with van der Waals surface area (Å²) in [4.78, 5) is 8.78. The first-order valence-corrected chi connectivity index (χ1v) is 7.13. The minimum Gasteiger partial charge on any atom is -0.378 e. The van der Waals surface area contributed by atoms with Gasteiger partial charge in [0.25, 0.3) is 0 Å². The number of hydrogen-bond donors (Lipinski definition) is 1. The van der Waals surface area contributed by atoms with Gasteiger partial charge in [-0.1, -0.05) is 0 Å². The third kappa shape index (κ3) is 3.29. The van der Waals surface area contributed by atoms with Crippen LogP contribution in [-0.2, 0) is 6.54 Å². The molecule has 2 rings (SSSR count). The van der Waals surface area contributed by atoms with Crippen molar-refractivity contribution in [1.29, 1.82) is 0 Å². The summed E-state index contributed by atoms with van der Waals surface area (Å²) in [6.07, 6.45) is 1.79. The lowest BCUT2D eigenvalue weighted by Gasteiger charge is -2.10. The van der Waals surface area contributed by atoms with Crippen LogP contribution in [0.3, 0.4) is 0 Å². The SMILES string of the molecule is Cc1ccc(NCc2ncc(Br)cc2Br)c(C)n1. The van der Waals surface area contributed by atoms with E-state index in [1.807, 2.05) is 32.0 Å².